The van der Waals surface area contributed by atoms with Gasteiger partial charge in [0.2, 0.25) is 0 Å². The molecule has 0 spiro atoms. The van der Waals surface area contributed by atoms with E-state index in [1.807, 2.05) is 45.7 Å². The van der Waals surface area contributed by atoms with Crippen LogP contribution in [0.4, 0.5) is 0 Å². The highest BCUT2D eigenvalue weighted by molar-refractivity contribution is 5.92. The van der Waals surface area contributed by atoms with Gasteiger partial charge in [-0.2, -0.15) is 5.10 Å². The fourth-order valence-corrected chi connectivity index (χ4v) is 2.87. The van der Waals surface area contributed by atoms with Crippen molar-refractivity contribution in [2.45, 2.75) is 19.5 Å². The molecule has 0 unspecified atom stereocenters. The standard InChI is InChI=1S/C16H18N6O/c23-16(14-9-13-10-17-6-8-22(13)20-14)18-5-4-12-11-19-15-3-1-2-7-21(12)15/h1-3,7,9,11,17H,4-6,8,10H2,(H,18,23). The molecule has 0 aromatic carbocycles. The monoisotopic (exact) mass is 310 g/mol. The molecule has 1 aliphatic rings. The second-order valence-electron chi connectivity index (χ2n) is 5.61. The molecule has 0 fully saturated rings. The first-order chi connectivity index (χ1) is 11.3. The maximum Gasteiger partial charge on any atom is 0.271 e. The van der Waals surface area contributed by atoms with E-state index in [1.165, 1.54) is 0 Å². The SMILES string of the molecule is O=C(NCCc1cnc2ccccn12)c1cc2n(n1)CCNC2. The molecule has 4 rings (SSSR count). The van der Waals surface area contributed by atoms with Gasteiger partial charge in [0, 0.05) is 44.1 Å². The predicted octanol–water partition coefficient (Wildman–Crippen LogP) is 0.606. The van der Waals surface area contributed by atoms with Crippen LogP contribution in [-0.4, -0.2) is 38.2 Å². The van der Waals surface area contributed by atoms with Gasteiger partial charge in [-0.3, -0.25) is 9.48 Å². The Kier molecular flexibility index (Phi) is 3.55. The Morgan fingerprint density at radius 2 is 2.35 bits per heavy atom. The number of hydrogen-bond acceptors (Lipinski definition) is 4. The van der Waals surface area contributed by atoms with Crippen LogP contribution in [0.5, 0.6) is 0 Å². The minimum atomic E-state index is -0.124. The summed E-state index contributed by atoms with van der Waals surface area (Å²) in [6, 6.07) is 7.76. The van der Waals surface area contributed by atoms with Crippen LogP contribution in [0, 0.1) is 0 Å². The zero-order valence-electron chi connectivity index (χ0n) is 12.7. The third kappa shape index (κ3) is 2.70. The van der Waals surface area contributed by atoms with Crippen molar-refractivity contribution in [2.24, 2.45) is 0 Å². The van der Waals surface area contributed by atoms with Crippen molar-refractivity contribution < 1.29 is 4.79 Å². The van der Waals surface area contributed by atoms with Crippen molar-refractivity contribution in [1.29, 1.82) is 0 Å². The maximum absolute atomic E-state index is 12.2. The number of amides is 1. The number of rotatable bonds is 4. The van der Waals surface area contributed by atoms with E-state index in [9.17, 15) is 4.79 Å². The summed E-state index contributed by atoms with van der Waals surface area (Å²) in [5.41, 5.74) is 3.54. The molecule has 2 N–H and O–H groups in total. The van der Waals surface area contributed by atoms with Gasteiger partial charge < -0.3 is 15.0 Å². The first-order valence-electron chi connectivity index (χ1n) is 7.78. The van der Waals surface area contributed by atoms with E-state index in [0.717, 1.165) is 43.1 Å². The van der Waals surface area contributed by atoms with E-state index >= 15 is 0 Å². The van der Waals surface area contributed by atoms with Gasteiger partial charge in [0.25, 0.3) is 5.91 Å². The van der Waals surface area contributed by atoms with Gasteiger partial charge in [-0.05, 0) is 18.2 Å². The Bertz CT molecular complexity index is 826. The number of hydrogen-bond donors (Lipinski definition) is 2. The molecule has 3 aromatic rings. The Labute approximate surface area is 133 Å². The number of aromatic nitrogens is 4. The van der Waals surface area contributed by atoms with E-state index in [0.29, 0.717) is 12.2 Å². The number of nitrogens with one attached hydrogen (secondary N) is 2. The predicted molar refractivity (Wildman–Crippen MR) is 85.2 cm³/mol. The molecule has 0 saturated carbocycles. The molecule has 23 heavy (non-hydrogen) atoms. The summed E-state index contributed by atoms with van der Waals surface area (Å²) in [7, 11) is 0. The van der Waals surface area contributed by atoms with E-state index < -0.39 is 0 Å². The van der Waals surface area contributed by atoms with Crippen LogP contribution in [0.15, 0.2) is 36.7 Å². The second-order valence-corrected chi connectivity index (χ2v) is 5.61. The molecular weight excluding hydrogens is 292 g/mol. The Morgan fingerprint density at radius 1 is 1.39 bits per heavy atom. The average molecular weight is 310 g/mol. The highest BCUT2D eigenvalue weighted by Crippen LogP contribution is 2.08. The summed E-state index contributed by atoms with van der Waals surface area (Å²) in [6.07, 6.45) is 4.56. The highest BCUT2D eigenvalue weighted by atomic mass is 16.1. The summed E-state index contributed by atoms with van der Waals surface area (Å²) >= 11 is 0. The first-order valence-corrected chi connectivity index (χ1v) is 7.78. The summed E-state index contributed by atoms with van der Waals surface area (Å²) in [5, 5.41) is 10.6. The zero-order valence-corrected chi connectivity index (χ0v) is 12.7. The van der Waals surface area contributed by atoms with Crippen molar-refractivity contribution >= 4 is 11.6 Å². The minimum Gasteiger partial charge on any atom is -0.350 e. The smallest absolute Gasteiger partial charge is 0.271 e. The zero-order chi connectivity index (χ0) is 15.6. The molecule has 4 heterocycles. The summed E-state index contributed by atoms with van der Waals surface area (Å²) < 4.78 is 3.93. The lowest BCUT2D eigenvalue weighted by atomic mass is 10.3. The van der Waals surface area contributed by atoms with Crippen LogP contribution >= 0.6 is 0 Å². The van der Waals surface area contributed by atoms with Crippen molar-refractivity contribution in [3.63, 3.8) is 0 Å². The number of carbonyl (C=O) groups excluding carboxylic acids is 1. The maximum atomic E-state index is 12.2. The number of nitrogens with zero attached hydrogens (tertiary/aromatic N) is 4. The Morgan fingerprint density at radius 3 is 3.26 bits per heavy atom. The number of imidazole rings is 1. The van der Waals surface area contributed by atoms with Crippen LogP contribution in [0.25, 0.3) is 5.65 Å². The Hall–Kier alpha value is -2.67. The fraction of sp³-hybridized carbons (Fsp3) is 0.312. The molecule has 0 aliphatic carbocycles. The van der Waals surface area contributed by atoms with Gasteiger partial charge in [0.05, 0.1) is 12.2 Å². The Balaban J connectivity index is 1.39. The van der Waals surface area contributed by atoms with Crippen molar-refractivity contribution in [3.8, 4) is 0 Å². The molecule has 3 aromatic heterocycles. The van der Waals surface area contributed by atoms with Gasteiger partial charge in [-0.25, -0.2) is 4.98 Å². The van der Waals surface area contributed by atoms with E-state index in [2.05, 4.69) is 20.7 Å². The van der Waals surface area contributed by atoms with Crippen molar-refractivity contribution in [1.82, 2.24) is 29.8 Å². The van der Waals surface area contributed by atoms with E-state index in [4.69, 9.17) is 0 Å². The van der Waals surface area contributed by atoms with Gasteiger partial charge in [-0.1, -0.05) is 6.07 Å². The number of fused-ring (bicyclic) bond motifs is 2. The second kappa shape index (κ2) is 5.85. The summed E-state index contributed by atoms with van der Waals surface area (Å²) in [6.45, 7) is 3.03. The molecule has 0 atom stereocenters. The third-order valence-corrected chi connectivity index (χ3v) is 4.06. The molecule has 0 bridgehead atoms. The van der Waals surface area contributed by atoms with E-state index in [1.54, 1.807) is 0 Å². The quantitative estimate of drug-likeness (QED) is 0.740. The number of carbonyl (C=O) groups is 1. The fourth-order valence-electron chi connectivity index (χ4n) is 2.87. The topological polar surface area (TPSA) is 76.2 Å². The summed E-state index contributed by atoms with van der Waals surface area (Å²) in [5.74, 6) is -0.124. The van der Waals surface area contributed by atoms with Gasteiger partial charge >= 0.3 is 0 Å². The molecule has 1 amide bonds. The van der Waals surface area contributed by atoms with Crippen LogP contribution < -0.4 is 10.6 Å². The van der Waals surface area contributed by atoms with Crippen LogP contribution in [0.2, 0.25) is 0 Å². The first kappa shape index (κ1) is 14.0. The molecule has 7 heteroatoms. The van der Waals surface area contributed by atoms with Gasteiger partial charge in [0.1, 0.15) is 11.3 Å². The highest BCUT2D eigenvalue weighted by Gasteiger charge is 2.16. The van der Waals surface area contributed by atoms with Crippen LogP contribution in [0.1, 0.15) is 21.9 Å². The molecular formula is C16H18N6O. The molecule has 118 valence electrons. The minimum absolute atomic E-state index is 0.124. The molecule has 0 radical (unpaired) electrons. The van der Waals surface area contributed by atoms with Gasteiger partial charge in [0.15, 0.2) is 0 Å². The lowest BCUT2D eigenvalue weighted by Gasteiger charge is -2.13. The summed E-state index contributed by atoms with van der Waals surface area (Å²) in [4.78, 5) is 16.6. The van der Waals surface area contributed by atoms with Crippen LogP contribution in [0.3, 0.4) is 0 Å². The number of pyridine rings is 1. The largest absolute Gasteiger partial charge is 0.350 e. The van der Waals surface area contributed by atoms with E-state index in [-0.39, 0.29) is 5.91 Å². The van der Waals surface area contributed by atoms with Crippen molar-refractivity contribution in [2.75, 3.05) is 13.1 Å². The van der Waals surface area contributed by atoms with Crippen LogP contribution in [-0.2, 0) is 19.5 Å². The third-order valence-electron chi connectivity index (χ3n) is 4.06. The van der Waals surface area contributed by atoms with Gasteiger partial charge in [-0.15, -0.1) is 0 Å². The molecule has 1 aliphatic heterocycles. The molecule has 0 saturated heterocycles. The normalized spacial score (nSPS) is 13.9. The lowest BCUT2D eigenvalue weighted by molar-refractivity contribution is 0.0948. The average Bonchev–Trinajstić information content (AvgIpc) is 3.19. The lowest BCUT2D eigenvalue weighted by Crippen LogP contribution is -2.28. The molecule has 7 nitrogen and oxygen atoms in total. The van der Waals surface area contributed by atoms with Crippen molar-refractivity contribution in [3.05, 3.63) is 53.7 Å².